The van der Waals surface area contributed by atoms with Crippen LogP contribution in [0.25, 0.3) is 0 Å². The van der Waals surface area contributed by atoms with Crippen LogP contribution in [0.3, 0.4) is 0 Å². The molecule has 5 heteroatoms. The number of rotatable bonds is 2. The molecule has 3 N–H and O–H groups in total. The van der Waals surface area contributed by atoms with Crippen LogP contribution >= 0.6 is 0 Å². The minimum absolute atomic E-state index is 0.205. The molecule has 0 spiro atoms. The maximum Gasteiger partial charge on any atom is 0.321 e. The number of aromatic nitrogens is 2. The zero-order valence-electron chi connectivity index (χ0n) is 8.36. The van der Waals surface area contributed by atoms with Gasteiger partial charge in [0.2, 0.25) is 0 Å². The molecule has 0 radical (unpaired) electrons. The first-order valence-corrected chi connectivity index (χ1v) is 5.08. The van der Waals surface area contributed by atoms with Gasteiger partial charge in [0.1, 0.15) is 0 Å². The molecule has 1 saturated carbocycles. The summed E-state index contributed by atoms with van der Waals surface area (Å²) >= 11 is 0. The van der Waals surface area contributed by atoms with E-state index < -0.39 is 0 Å². The lowest BCUT2D eigenvalue weighted by Crippen LogP contribution is -2.42. The van der Waals surface area contributed by atoms with Crippen molar-refractivity contribution < 1.29 is 4.52 Å². The molecule has 1 aliphatic rings. The topological polar surface area (TPSA) is 77.0 Å². The molecule has 0 unspecified atom stereocenters. The van der Waals surface area contributed by atoms with Crippen LogP contribution in [0.2, 0.25) is 0 Å². The number of nitrogens with two attached hydrogens (primary N) is 1. The summed E-state index contributed by atoms with van der Waals surface area (Å²) in [6, 6.07) is 0.976. The van der Waals surface area contributed by atoms with Crippen molar-refractivity contribution in [1.82, 2.24) is 10.1 Å². The third-order valence-corrected chi connectivity index (χ3v) is 2.66. The lowest BCUT2D eigenvalue weighted by Gasteiger charge is -2.28. The lowest BCUT2D eigenvalue weighted by atomic mass is 9.91. The van der Waals surface area contributed by atoms with Gasteiger partial charge in [0.25, 0.3) is 0 Å². The summed E-state index contributed by atoms with van der Waals surface area (Å²) in [7, 11) is 0. The largest absolute Gasteiger partial charge is 0.333 e. The molecule has 14 heavy (non-hydrogen) atoms. The summed E-state index contributed by atoms with van der Waals surface area (Å²) in [6.45, 7) is 1.80. The monoisotopic (exact) mass is 196 g/mol. The first kappa shape index (κ1) is 9.45. The number of aryl methyl sites for hydroxylation is 1. The molecule has 2 rings (SSSR count). The molecule has 0 aromatic carbocycles. The van der Waals surface area contributed by atoms with Crippen molar-refractivity contribution in [1.29, 1.82) is 0 Å². The number of anilines is 1. The predicted molar refractivity (Wildman–Crippen MR) is 52.9 cm³/mol. The molecule has 2 atom stereocenters. The van der Waals surface area contributed by atoms with Gasteiger partial charge in [0.15, 0.2) is 5.82 Å². The van der Waals surface area contributed by atoms with Crippen LogP contribution in [-0.4, -0.2) is 22.2 Å². The maximum atomic E-state index is 5.98. The van der Waals surface area contributed by atoms with Crippen LogP contribution in [0.4, 0.5) is 6.01 Å². The number of hydrogen-bond acceptors (Lipinski definition) is 5. The van der Waals surface area contributed by atoms with Gasteiger partial charge in [-0.15, -0.1) is 0 Å². The minimum atomic E-state index is 0.205. The Hall–Kier alpha value is -1.10. The molecule has 5 nitrogen and oxygen atoms in total. The van der Waals surface area contributed by atoms with Crippen molar-refractivity contribution >= 4 is 6.01 Å². The Kier molecular flexibility index (Phi) is 2.67. The van der Waals surface area contributed by atoms with Crippen molar-refractivity contribution in [3.63, 3.8) is 0 Å². The average Bonchev–Trinajstić information content (AvgIpc) is 2.56. The highest BCUT2D eigenvalue weighted by atomic mass is 16.5. The van der Waals surface area contributed by atoms with E-state index in [0.717, 1.165) is 12.8 Å². The highest BCUT2D eigenvalue weighted by Gasteiger charge is 2.22. The van der Waals surface area contributed by atoms with Crippen LogP contribution in [-0.2, 0) is 0 Å². The molecular weight excluding hydrogens is 180 g/mol. The summed E-state index contributed by atoms with van der Waals surface area (Å²) in [5.74, 6) is 0.650. The number of hydrogen-bond donors (Lipinski definition) is 2. The quantitative estimate of drug-likeness (QED) is 0.739. The fourth-order valence-electron chi connectivity index (χ4n) is 1.85. The Balaban J connectivity index is 1.95. The van der Waals surface area contributed by atoms with Crippen LogP contribution in [0.15, 0.2) is 4.52 Å². The molecule has 0 aliphatic heterocycles. The molecular formula is C9H16N4O. The molecule has 0 amide bonds. The van der Waals surface area contributed by atoms with Crippen LogP contribution in [0.1, 0.15) is 31.5 Å². The molecule has 1 aliphatic carbocycles. The first-order chi connectivity index (χ1) is 6.75. The Bertz CT molecular complexity index is 299. The van der Waals surface area contributed by atoms with Gasteiger partial charge < -0.3 is 15.6 Å². The maximum absolute atomic E-state index is 5.98. The Labute approximate surface area is 83.1 Å². The zero-order valence-corrected chi connectivity index (χ0v) is 8.36. The molecule has 1 heterocycles. The summed E-state index contributed by atoms with van der Waals surface area (Å²) in [5.41, 5.74) is 5.98. The van der Waals surface area contributed by atoms with Gasteiger partial charge in [-0.2, -0.15) is 4.98 Å². The number of nitrogens with one attached hydrogen (secondary N) is 1. The van der Waals surface area contributed by atoms with Gasteiger partial charge in [-0.25, -0.2) is 0 Å². The average molecular weight is 196 g/mol. The molecule has 1 fully saturated rings. The number of nitrogens with zero attached hydrogens (tertiary/aromatic N) is 2. The molecule has 1 aromatic heterocycles. The molecule has 78 valence electrons. The third kappa shape index (κ3) is 2.04. The van der Waals surface area contributed by atoms with Crippen molar-refractivity contribution in [3.05, 3.63) is 5.82 Å². The highest BCUT2D eigenvalue weighted by Crippen LogP contribution is 2.20. The van der Waals surface area contributed by atoms with Crippen LogP contribution < -0.4 is 11.1 Å². The SMILES string of the molecule is Cc1noc(N[C@@H]2CCCC[C@H]2N)n1. The summed E-state index contributed by atoms with van der Waals surface area (Å²) in [5, 5.41) is 6.90. The fraction of sp³-hybridized carbons (Fsp3) is 0.778. The molecule has 0 saturated heterocycles. The second-order valence-corrected chi connectivity index (χ2v) is 3.85. The van der Waals surface area contributed by atoms with E-state index in [0.29, 0.717) is 11.8 Å². The summed E-state index contributed by atoms with van der Waals surface area (Å²) < 4.78 is 4.99. The predicted octanol–water partition coefficient (Wildman–Crippen LogP) is 1.06. The van der Waals surface area contributed by atoms with E-state index in [2.05, 4.69) is 15.5 Å². The molecule has 0 bridgehead atoms. The van der Waals surface area contributed by atoms with Gasteiger partial charge in [0.05, 0.1) is 0 Å². The second-order valence-electron chi connectivity index (χ2n) is 3.85. The first-order valence-electron chi connectivity index (χ1n) is 5.08. The van der Waals surface area contributed by atoms with Crippen molar-refractivity contribution in [3.8, 4) is 0 Å². The minimum Gasteiger partial charge on any atom is -0.333 e. The van der Waals surface area contributed by atoms with E-state index in [1.54, 1.807) is 6.92 Å². The summed E-state index contributed by atoms with van der Waals surface area (Å²) in [4.78, 5) is 4.09. The lowest BCUT2D eigenvalue weighted by molar-refractivity contribution is 0.378. The van der Waals surface area contributed by atoms with Crippen LogP contribution in [0, 0.1) is 6.92 Å². The van der Waals surface area contributed by atoms with Gasteiger partial charge in [-0.05, 0) is 19.8 Å². The van der Waals surface area contributed by atoms with E-state index in [9.17, 15) is 0 Å². The van der Waals surface area contributed by atoms with E-state index in [1.807, 2.05) is 0 Å². The van der Waals surface area contributed by atoms with Crippen molar-refractivity contribution in [2.45, 2.75) is 44.7 Å². The Morgan fingerprint density at radius 3 is 2.86 bits per heavy atom. The van der Waals surface area contributed by atoms with Gasteiger partial charge in [-0.3, -0.25) is 0 Å². The fourth-order valence-corrected chi connectivity index (χ4v) is 1.85. The van der Waals surface area contributed by atoms with E-state index >= 15 is 0 Å². The van der Waals surface area contributed by atoms with Gasteiger partial charge in [-0.1, -0.05) is 18.0 Å². The normalized spacial score (nSPS) is 27.6. The standard InChI is InChI=1S/C9H16N4O/c1-6-11-9(14-13-6)12-8-5-3-2-4-7(8)10/h7-8H,2-5,10H2,1H3,(H,11,12,13)/t7-,8-/m1/s1. The van der Waals surface area contributed by atoms with E-state index in [4.69, 9.17) is 10.3 Å². The Morgan fingerprint density at radius 1 is 1.43 bits per heavy atom. The zero-order chi connectivity index (χ0) is 9.97. The van der Waals surface area contributed by atoms with Gasteiger partial charge in [0, 0.05) is 12.1 Å². The van der Waals surface area contributed by atoms with Crippen LogP contribution in [0.5, 0.6) is 0 Å². The van der Waals surface area contributed by atoms with Crippen molar-refractivity contribution in [2.75, 3.05) is 5.32 Å². The summed E-state index contributed by atoms with van der Waals surface area (Å²) in [6.07, 6.45) is 4.61. The Morgan fingerprint density at radius 2 is 2.21 bits per heavy atom. The molecule has 1 aromatic rings. The second kappa shape index (κ2) is 3.96. The van der Waals surface area contributed by atoms with Gasteiger partial charge >= 0.3 is 6.01 Å². The van der Waals surface area contributed by atoms with Crippen molar-refractivity contribution in [2.24, 2.45) is 5.73 Å². The van der Waals surface area contributed by atoms with E-state index in [1.165, 1.54) is 12.8 Å². The van der Waals surface area contributed by atoms with E-state index in [-0.39, 0.29) is 12.1 Å². The third-order valence-electron chi connectivity index (χ3n) is 2.66. The highest BCUT2D eigenvalue weighted by molar-refractivity contribution is 5.21. The smallest absolute Gasteiger partial charge is 0.321 e.